The minimum Gasteiger partial charge on any atom is -0.319 e. The van der Waals surface area contributed by atoms with Gasteiger partial charge in [-0.3, -0.25) is 0 Å². The number of benzene rings is 1. The zero-order chi connectivity index (χ0) is 14.8. The van der Waals surface area contributed by atoms with Crippen molar-refractivity contribution >= 4 is 37.6 Å². The largest absolute Gasteiger partial charge is 0.319 e. The molecular weight excluding hydrogens is 364 g/mol. The highest BCUT2D eigenvalue weighted by atomic mass is 79.9. The number of nitrogens with zero attached hydrogens (tertiary/aromatic N) is 1. The van der Waals surface area contributed by atoms with Crippen LogP contribution >= 0.6 is 27.5 Å². The molecule has 4 nitrogen and oxygen atoms in total. The highest BCUT2D eigenvalue weighted by Gasteiger charge is 2.31. The standard InChI is InChI=1S/C13H18BrClN2O2S/c1-16-9-10-5-7-17(8-6-10)20(18,19)13-11(14)3-2-4-12(13)15/h2-4,10,16H,5-9H2,1H3. The van der Waals surface area contributed by atoms with Gasteiger partial charge in [0.1, 0.15) is 4.90 Å². The maximum Gasteiger partial charge on any atom is 0.245 e. The van der Waals surface area contributed by atoms with Gasteiger partial charge in [-0.25, -0.2) is 8.42 Å². The molecule has 0 spiro atoms. The molecule has 2 rings (SSSR count). The van der Waals surface area contributed by atoms with Crippen LogP contribution in [0.3, 0.4) is 0 Å². The zero-order valence-corrected chi connectivity index (χ0v) is 14.4. The Morgan fingerprint density at radius 1 is 1.40 bits per heavy atom. The smallest absolute Gasteiger partial charge is 0.245 e. The Kier molecular flexibility index (Phi) is 5.48. The van der Waals surface area contributed by atoms with Crippen LogP contribution in [0, 0.1) is 5.92 Å². The highest BCUT2D eigenvalue weighted by Crippen LogP contribution is 2.33. The molecule has 20 heavy (non-hydrogen) atoms. The zero-order valence-electron chi connectivity index (χ0n) is 11.3. The van der Waals surface area contributed by atoms with E-state index in [1.807, 2.05) is 7.05 Å². The summed E-state index contributed by atoms with van der Waals surface area (Å²) in [5, 5.41) is 3.41. The molecule has 1 aromatic carbocycles. The molecule has 1 aliphatic rings. The number of rotatable bonds is 4. The molecule has 0 aliphatic carbocycles. The van der Waals surface area contributed by atoms with Gasteiger partial charge in [0.05, 0.1) is 5.02 Å². The predicted molar refractivity (Wildman–Crippen MR) is 84.6 cm³/mol. The molecule has 0 radical (unpaired) electrons. The molecule has 112 valence electrons. The number of halogens is 2. The van der Waals surface area contributed by atoms with Crippen LogP contribution in [-0.2, 0) is 10.0 Å². The van der Waals surface area contributed by atoms with Crippen molar-refractivity contribution in [3.05, 3.63) is 27.7 Å². The number of hydrogen-bond donors (Lipinski definition) is 1. The molecule has 0 atom stereocenters. The fraction of sp³-hybridized carbons (Fsp3) is 0.538. The van der Waals surface area contributed by atoms with Crippen molar-refractivity contribution in [1.29, 1.82) is 0 Å². The van der Waals surface area contributed by atoms with E-state index in [2.05, 4.69) is 21.2 Å². The van der Waals surface area contributed by atoms with E-state index in [0.29, 0.717) is 23.5 Å². The average Bonchev–Trinajstić information content (AvgIpc) is 2.39. The Balaban J connectivity index is 2.20. The Bertz CT molecular complexity index is 551. The van der Waals surface area contributed by atoms with E-state index in [1.54, 1.807) is 18.2 Å². The molecule has 1 aliphatic heterocycles. The van der Waals surface area contributed by atoms with Crippen molar-refractivity contribution in [3.63, 3.8) is 0 Å². The predicted octanol–water partition coefficient (Wildman–Crippen LogP) is 2.72. The molecule has 0 bridgehead atoms. The lowest BCUT2D eigenvalue weighted by Crippen LogP contribution is -2.40. The molecule has 0 unspecified atom stereocenters. The number of hydrogen-bond acceptors (Lipinski definition) is 3. The lowest BCUT2D eigenvalue weighted by molar-refractivity contribution is 0.270. The molecular formula is C13H18BrClN2O2S. The average molecular weight is 382 g/mol. The van der Waals surface area contributed by atoms with Gasteiger partial charge in [0, 0.05) is 17.6 Å². The molecule has 0 amide bonds. The third-order valence-electron chi connectivity index (χ3n) is 3.58. The summed E-state index contributed by atoms with van der Waals surface area (Å²) in [6, 6.07) is 5.03. The lowest BCUT2D eigenvalue weighted by atomic mass is 9.98. The minimum atomic E-state index is -3.53. The van der Waals surface area contributed by atoms with Crippen LogP contribution in [0.25, 0.3) is 0 Å². The second-order valence-electron chi connectivity index (χ2n) is 4.96. The van der Waals surface area contributed by atoms with Crippen molar-refractivity contribution in [2.75, 3.05) is 26.7 Å². The lowest BCUT2D eigenvalue weighted by Gasteiger charge is -2.31. The molecule has 0 aromatic heterocycles. The first-order valence-electron chi connectivity index (χ1n) is 6.55. The summed E-state index contributed by atoms with van der Waals surface area (Å²) in [4.78, 5) is 0.175. The highest BCUT2D eigenvalue weighted by molar-refractivity contribution is 9.10. The summed E-state index contributed by atoms with van der Waals surface area (Å²) >= 11 is 9.35. The van der Waals surface area contributed by atoms with Crippen LogP contribution in [0.15, 0.2) is 27.6 Å². The monoisotopic (exact) mass is 380 g/mol. The summed E-state index contributed by atoms with van der Waals surface area (Å²) in [6.07, 6.45) is 1.75. The van der Waals surface area contributed by atoms with E-state index in [0.717, 1.165) is 19.4 Å². The fourth-order valence-corrected chi connectivity index (χ4v) is 5.64. The van der Waals surface area contributed by atoms with Gasteiger partial charge in [0.2, 0.25) is 10.0 Å². The van der Waals surface area contributed by atoms with Crippen LogP contribution in [0.2, 0.25) is 5.02 Å². The van der Waals surface area contributed by atoms with Crippen LogP contribution in [0.5, 0.6) is 0 Å². The maximum absolute atomic E-state index is 12.7. The first-order valence-corrected chi connectivity index (χ1v) is 9.16. The number of piperidine rings is 1. The Morgan fingerprint density at radius 3 is 2.60 bits per heavy atom. The van der Waals surface area contributed by atoms with Crippen LogP contribution in [-0.4, -0.2) is 39.4 Å². The van der Waals surface area contributed by atoms with Crippen molar-refractivity contribution < 1.29 is 8.42 Å². The third kappa shape index (κ3) is 3.36. The molecule has 1 heterocycles. The first kappa shape index (κ1) is 16.2. The maximum atomic E-state index is 12.7. The molecule has 0 saturated carbocycles. The summed E-state index contributed by atoms with van der Waals surface area (Å²) < 4.78 is 27.4. The van der Waals surface area contributed by atoms with E-state index >= 15 is 0 Å². The second kappa shape index (κ2) is 6.75. The number of nitrogens with one attached hydrogen (secondary N) is 1. The van der Waals surface area contributed by atoms with Gasteiger partial charge in [-0.15, -0.1) is 0 Å². The summed E-state index contributed by atoms with van der Waals surface area (Å²) in [7, 11) is -1.61. The SMILES string of the molecule is CNCC1CCN(S(=O)(=O)c2c(Cl)cccc2Br)CC1. The van der Waals surface area contributed by atoms with E-state index in [1.165, 1.54) is 4.31 Å². The third-order valence-corrected chi connectivity index (χ3v) is 6.93. The molecule has 1 aromatic rings. The van der Waals surface area contributed by atoms with Crippen molar-refractivity contribution in [2.45, 2.75) is 17.7 Å². The normalized spacial score (nSPS) is 18.4. The Hall–Kier alpha value is -0.140. The van der Waals surface area contributed by atoms with E-state index in [-0.39, 0.29) is 9.92 Å². The topological polar surface area (TPSA) is 49.4 Å². The Labute approximate surface area is 133 Å². The summed E-state index contributed by atoms with van der Waals surface area (Å²) in [5.41, 5.74) is 0. The molecule has 1 fully saturated rings. The van der Waals surface area contributed by atoms with E-state index < -0.39 is 10.0 Å². The van der Waals surface area contributed by atoms with Crippen molar-refractivity contribution in [1.82, 2.24) is 9.62 Å². The van der Waals surface area contributed by atoms with E-state index in [9.17, 15) is 8.42 Å². The van der Waals surface area contributed by atoms with Gasteiger partial charge in [-0.2, -0.15) is 4.31 Å². The van der Waals surface area contributed by atoms with Gasteiger partial charge >= 0.3 is 0 Å². The van der Waals surface area contributed by atoms with Gasteiger partial charge in [-0.1, -0.05) is 17.7 Å². The fourth-order valence-electron chi connectivity index (χ4n) is 2.50. The van der Waals surface area contributed by atoms with Crippen LogP contribution in [0.1, 0.15) is 12.8 Å². The Morgan fingerprint density at radius 2 is 2.05 bits per heavy atom. The quantitative estimate of drug-likeness (QED) is 0.872. The van der Waals surface area contributed by atoms with Crippen LogP contribution in [0.4, 0.5) is 0 Å². The summed E-state index contributed by atoms with van der Waals surface area (Å²) in [5.74, 6) is 0.543. The molecule has 7 heteroatoms. The summed E-state index contributed by atoms with van der Waals surface area (Å²) in [6.45, 7) is 2.03. The van der Waals surface area contributed by atoms with Gasteiger partial charge < -0.3 is 5.32 Å². The number of sulfonamides is 1. The van der Waals surface area contributed by atoms with Crippen LogP contribution < -0.4 is 5.32 Å². The van der Waals surface area contributed by atoms with Crippen molar-refractivity contribution in [3.8, 4) is 0 Å². The van der Waals surface area contributed by atoms with Gasteiger partial charge in [-0.05, 0) is 60.4 Å². The van der Waals surface area contributed by atoms with Crippen molar-refractivity contribution in [2.24, 2.45) is 5.92 Å². The van der Waals surface area contributed by atoms with E-state index in [4.69, 9.17) is 11.6 Å². The van der Waals surface area contributed by atoms with Gasteiger partial charge in [0.25, 0.3) is 0 Å². The van der Waals surface area contributed by atoms with Gasteiger partial charge in [0.15, 0.2) is 0 Å². The molecule has 1 saturated heterocycles. The minimum absolute atomic E-state index is 0.175. The molecule has 1 N–H and O–H groups in total. The second-order valence-corrected chi connectivity index (χ2v) is 8.09. The first-order chi connectivity index (χ1) is 9.46.